The number of hydrogen-bond acceptors (Lipinski definition) is 3. The Labute approximate surface area is 195 Å². The second-order valence-electron chi connectivity index (χ2n) is 8.81. The maximum Gasteiger partial charge on any atom is 0.132 e. The van der Waals surface area contributed by atoms with Crippen LogP contribution in [0.2, 0.25) is 0 Å². The summed E-state index contributed by atoms with van der Waals surface area (Å²) in [5.41, 5.74) is 4.88. The molecule has 0 bridgehead atoms. The molecule has 0 saturated heterocycles. The number of allylic oxidation sites excluding steroid dienone is 2. The van der Waals surface area contributed by atoms with Crippen molar-refractivity contribution in [3.63, 3.8) is 0 Å². The van der Waals surface area contributed by atoms with Crippen molar-refractivity contribution in [2.24, 2.45) is 0 Å². The van der Waals surface area contributed by atoms with Gasteiger partial charge in [-0.25, -0.2) is 0 Å². The van der Waals surface area contributed by atoms with Crippen LogP contribution in [-0.2, 0) is 4.79 Å². The summed E-state index contributed by atoms with van der Waals surface area (Å²) in [7, 11) is 8.21. The molecule has 0 N–H and O–H groups in total. The van der Waals surface area contributed by atoms with Crippen molar-refractivity contribution >= 4 is 29.3 Å². The number of hydrogen-bond donors (Lipinski definition) is 0. The number of nitrogens with zero attached hydrogens (tertiary/aromatic N) is 2. The van der Waals surface area contributed by atoms with Crippen molar-refractivity contribution in [2.75, 3.05) is 38.0 Å². The van der Waals surface area contributed by atoms with Crippen LogP contribution in [0.4, 0.5) is 11.4 Å². The van der Waals surface area contributed by atoms with E-state index in [0.717, 1.165) is 51.4 Å². The minimum atomic E-state index is 0.413. The van der Waals surface area contributed by atoms with Crippen molar-refractivity contribution in [2.45, 2.75) is 51.4 Å². The highest BCUT2D eigenvalue weighted by Crippen LogP contribution is 2.15. The summed E-state index contributed by atoms with van der Waals surface area (Å²) in [5, 5.41) is 0. The average molecular weight is 433 g/mol. The highest BCUT2D eigenvalue weighted by Gasteiger charge is 2.01. The summed E-state index contributed by atoms with van der Waals surface area (Å²) < 4.78 is 0. The quantitative estimate of drug-likeness (QED) is 0.294. The molecule has 3 nitrogen and oxygen atoms in total. The van der Waals surface area contributed by atoms with E-state index in [4.69, 9.17) is 0 Å². The van der Waals surface area contributed by atoms with Crippen LogP contribution >= 0.6 is 0 Å². The fourth-order valence-electron chi connectivity index (χ4n) is 3.50. The maximum absolute atomic E-state index is 12.1. The first-order valence-corrected chi connectivity index (χ1v) is 11.9. The maximum atomic E-state index is 12.1. The van der Waals surface area contributed by atoms with Crippen molar-refractivity contribution in [3.05, 3.63) is 71.8 Å². The fraction of sp³-hybridized carbons (Fsp3) is 0.414. The van der Waals surface area contributed by atoms with Gasteiger partial charge in [0, 0.05) is 52.4 Å². The Kier molecular flexibility index (Phi) is 11.4. The Hall–Kier alpha value is -2.81. The molecule has 0 aromatic heterocycles. The second-order valence-corrected chi connectivity index (χ2v) is 8.81. The Morgan fingerprint density at radius 3 is 1.34 bits per heavy atom. The molecule has 0 aliphatic carbocycles. The van der Waals surface area contributed by atoms with Crippen molar-refractivity contribution in [1.82, 2.24) is 0 Å². The SMILES string of the molecule is CN(C)c1ccc(C=CCCCCC(=O)CCCCC=Cc2ccc(N(C)C)cc2)cc1. The van der Waals surface area contributed by atoms with Crippen LogP contribution in [0.3, 0.4) is 0 Å². The molecule has 0 heterocycles. The van der Waals surface area contributed by atoms with Crippen molar-refractivity contribution < 1.29 is 4.79 Å². The molecule has 2 rings (SSSR count). The minimum absolute atomic E-state index is 0.413. The van der Waals surface area contributed by atoms with Gasteiger partial charge in [0.2, 0.25) is 0 Å². The summed E-state index contributed by atoms with van der Waals surface area (Å²) >= 11 is 0. The standard InChI is InChI=1S/C29H40N2O/c1-30(2)27-21-17-25(18-22-27)13-9-5-7-11-15-29(32)16-12-8-6-10-14-26-19-23-28(24-20-26)31(3)4/h9-10,13-14,17-24H,5-8,11-12,15-16H2,1-4H3. The van der Waals surface area contributed by atoms with E-state index < -0.39 is 0 Å². The van der Waals surface area contributed by atoms with Gasteiger partial charge in [-0.05, 0) is 73.9 Å². The first-order valence-electron chi connectivity index (χ1n) is 11.9. The first kappa shape index (κ1) is 25.5. The van der Waals surface area contributed by atoms with Crippen LogP contribution in [0.5, 0.6) is 0 Å². The number of ketones is 1. The number of carbonyl (C=O) groups excluding carboxylic acids is 1. The molecule has 2 aromatic rings. The number of Topliss-reactive ketones (excluding diaryl/α,β-unsaturated/α-hetero) is 1. The molecule has 0 amide bonds. The first-order chi connectivity index (χ1) is 15.5. The number of unbranched alkanes of at least 4 members (excludes halogenated alkanes) is 4. The number of rotatable bonds is 14. The van der Waals surface area contributed by atoms with E-state index in [2.05, 4.69) is 111 Å². The molecule has 0 aliphatic heterocycles. The molecule has 3 heteroatoms. The zero-order chi connectivity index (χ0) is 23.2. The summed E-state index contributed by atoms with van der Waals surface area (Å²) in [6.07, 6.45) is 16.4. The zero-order valence-electron chi connectivity index (χ0n) is 20.4. The van der Waals surface area contributed by atoms with Gasteiger partial charge in [-0.3, -0.25) is 4.79 Å². The fourth-order valence-corrected chi connectivity index (χ4v) is 3.50. The Morgan fingerprint density at radius 1 is 0.625 bits per heavy atom. The monoisotopic (exact) mass is 432 g/mol. The predicted molar refractivity (Wildman–Crippen MR) is 142 cm³/mol. The molecule has 0 aliphatic rings. The number of benzene rings is 2. The largest absolute Gasteiger partial charge is 0.378 e. The molecule has 0 radical (unpaired) electrons. The van der Waals surface area contributed by atoms with E-state index in [1.807, 2.05) is 0 Å². The van der Waals surface area contributed by atoms with Gasteiger partial charge >= 0.3 is 0 Å². The molecule has 0 unspecified atom stereocenters. The Bertz CT molecular complexity index is 774. The molecular weight excluding hydrogens is 392 g/mol. The number of carbonyl (C=O) groups is 1. The third-order valence-electron chi connectivity index (χ3n) is 5.59. The van der Waals surface area contributed by atoms with Crippen LogP contribution in [0.1, 0.15) is 62.5 Å². The van der Waals surface area contributed by atoms with E-state index in [0.29, 0.717) is 5.78 Å². The lowest BCUT2D eigenvalue weighted by Gasteiger charge is -2.11. The summed E-state index contributed by atoms with van der Waals surface area (Å²) in [4.78, 5) is 16.3. The van der Waals surface area contributed by atoms with Gasteiger partial charge in [-0.1, -0.05) is 48.6 Å². The smallest absolute Gasteiger partial charge is 0.132 e. The van der Waals surface area contributed by atoms with E-state index in [9.17, 15) is 4.79 Å². The third-order valence-corrected chi connectivity index (χ3v) is 5.59. The lowest BCUT2D eigenvalue weighted by atomic mass is 10.0. The van der Waals surface area contributed by atoms with Crippen molar-refractivity contribution in [3.8, 4) is 0 Å². The van der Waals surface area contributed by atoms with E-state index in [1.165, 1.54) is 22.5 Å². The molecule has 0 saturated carbocycles. The average Bonchev–Trinajstić information content (AvgIpc) is 2.79. The van der Waals surface area contributed by atoms with Crippen LogP contribution in [-0.4, -0.2) is 34.0 Å². The van der Waals surface area contributed by atoms with Crippen molar-refractivity contribution in [1.29, 1.82) is 0 Å². The molecule has 172 valence electrons. The van der Waals surface area contributed by atoms with Crippen LogP contribution in [0.25, 0.3) is 12.2 Å². The Morgan fingerprint density at radius 2 is 1.00 bits per heavy atom. The third kappa shape index (κ3) is 10.00. The lowest BCUT2D eigenvalue weighted by Crippen LogP contribution is -2.07. The molecule has 0 atom stereocenters. The summed E-state index contributed by atoms with van der Waals surface area (Å²) in [6, 6.07) is 17.1. The van der Waals surface area contributed by atoms with Gasteiger partial charge in [-0.15, -0.1) is 0 Å². The van der Waals surface area contributed by atoms with Gasteiger partial charge in [-0.2, -0.15) is 0 Å². The highest BCUT2D eigenvalue weighted by atomic mass is 16.1. The second kappa shape index (κ2) is 14.3. The minimum Gasteiger partial charge on any atom is -0.378 e. The normalized spacial score (nSPS) is 11.4. The van der Waals surface area contributed by atoms with Gasteiger partial charge in [0.15, 0.2) is 0 Å². The van der Waals surface area contributed by atoms with Crippen LogP contribution < -0.4 is 9.80 Å². The summed E-state index contributed by atoms with van der Waals surface area (Å²) in [5.74, 6) is 0.413. The highest BCUT2D eigenvalue weighted by molar-refractivity contribution is 5.78. The molecule has 0 spiro atoms. The van der Waals surface area contributed by atoms with Gasteiger partial charge in [0.25, 0.3) is 0 Å². The van der Waals surface area contributed by atoms with Crippen LogP contribution in [0, 0.1) is 0 Å². The molecule has 32 heavy (non-hydrogen) atoms. The zero-order valence-corrected chi connectivity index (χ0v) is 20.4. The predicted octanol–water partition coefficient (Wildman–Crippen LogP) is 7.24. The Balaban J connectivity index is 1.50. The van der Waals surface area contributed by atoms with Gasteiger partial charge < -0.3 is 9.80 Å². The van der Waals surface area contributed by atoms with E-state index in [1.54, 1.807) is 0 Å². The lowest BCUT2D eigenvalue weighted by molar-refractivity contribution is -0.119. The topological polar surface area (TPSA) is 23.6 Å². The van der Waals surface area contributed by atoms with Gasteiger partial charge in [0.05, 0.1) is 0 Å². The molecule has 2 aromatic carbocycles. The molecule has 0 fully saturated rings. The van der Waals surface area contributed by atoms with E-state index >= 15 is 0 Å². The van der Waals surface area contributed by atoms with E-state index in [-0.39, 0.29) is 0 Å². The summed E-state index contributed by atoms with van der Waals surface area (Å²) in [6.45, 7) is 0. The van der Waals surface area contributed by atoms with Crippen LogP contribution in [0.15, 0.2) is 60.7 Å². The molecular formula is C29H40N2O. The number of anilines is 2. The van der Waals surface area contributed by atoms with Gasteiger partial charge in [0.1, 0.15) is 5.78 Å².